The Kier molecular flexibility index (Phi) is 4.87. The molecule has 116 valence electrons. The van der Waals surface area contributed by atoms with E-state index in [1.807, 2.05) is 58.3 Å². The van der Waals surface area contributed by atoms with Gasteiger partial charge in [-0.05, 0) is 34.7 Å². The van der Waals surface area contributed by atoms with Gasteiger partial charge in [0.2, 0.25) is 5.13 Å². The minimum Gasteiger partial charge on any atom is -0.504 e. The topological polar surface area (TPSA) is 57.5 Å². The summed E-state index contributed by atoms with van der Waals surface area (Å²) in [6.45, 7) is 0. The van der Waals surface area contributed by atoms with E-state index in [0.717, 1.165) is 11.3 Å². The number of hydrogen-bond donors (Lipinski definition) is 2. The van der Waals surface area contributed by atoms with Gasteiger partial charge in [-0.3, -0.25) is 5.43 Å². The lowest BCUT2D eigenvalue weighted by Crippen LogP contribution is -1.93. The highest BCUT2D eigenvalue weighted by molar-refractivity contribution is 14.1. The Labute approximate surface area is 149 Å². The van der Waals surface area contributed by atoms with Crippen LogP contribution in [0.1, 0.15) is 5.56 Å². The van der Waals surface area contributed by atoms with Crippen LogP contribution in [0.2, 0.25) is 0 Å². The molecule has 0 radical (unpaired) electrons. The predicted octanol–water partition coefficient (Wildman–Crippen LogP) is 4.71. The molecule has 0 amide bonds. The summed E-state index contributed by atoms with van der Waals surface area (Å²) in [7, 11) is 0. The second-order valence-electron chi connectivity index (χ2n) is 4.57. The molecule has 0 saturated heterocycles. The number of hydrazone groups is 1. The highest BCUT2D eigenvalue weighted by Crippen LogP contribution is 2.26. The smallest absolute Gasteiger partial charge is 0.203 e. The molecule has 0 unspecified atom stereocenters. The van der Waals surface area contributed by atoms with Gasteiger partial charge >= 0.3 is 0 Å². The van der Waals surface area contributed by atoms with Crippen LogP contribution in [0.5, 0.6) is 5.75 Å². The van der Waals surface area contributed by atoms with Crippen LogP contribution in [-0.2, 0) is 0 Å². The zero-order valence-electron chi connectivity index (χ0n) is 11.7. The minimum absolute atomic E-state index is 0.301. The van der Waals surface area contributed by atoms with Crippen LogP contribution in [0.15, 0.2) is 52.9 Å². The van der Waals surface area contributed by atoms with Crippen molar-refractivity contribution >= 4 is 45.3 Å². The largest absolute Gasteiger partial charge is 0.504 e. The van der Waals surface area contributed by atoms with E-state index in [2.05, 4.69) is 15.5 Å². The molecule has 0 atom stereocenters. The van der Waals surface area contributed by atoms with Gasteiger partial charge < -0.3 is 5.11 Å². The van der Waals surface area contributed by atoms with Crippen molar-refractivity contribution in [3.8, 4) is 17.0 Å². The molecule has 0 bridgehead atoms. The van der Waals surface area contributed by atoms with Gasteiger partial charge in [0.25, 0.3) is 0 Å². The number of nitrogens with one attached hydrogen (secondary N) is 1. The van der Waals surface area contributed by atoms with E-state index in [4.69, 9.17) is 0 Å². The van der Waals surface area contributed by atoms with E-state index in [1.54, 1.807) is 12.1 Å². The Morgan fingerprint density at radius 3 is 2.78 bits per heavy atom. The summed E-state index contributed by atoms with van der Waals surface area (Å²) >= 11 is 3.23. The lowest BCUT2D eigenvalue weighted by atomic mass is 10.2. The zero-order chi connectivity index (χ0) is 16.2. The second-order valence-corrected chi connectivity index (χ2v) is 6.59. The fourth-order valence-corrected chi connectivity index (χ4v) is 2.99. The SMILES string of the molecule is Oc1c(C=NNc2nc(-c3ccccc3)cs2)ccc(I)c1F. The molecule has 1 heterocycles. The van der Waals surface area contributed by atoms with Crippen molar-refractivity contribution < 1.29 is 9.50 Å². The van der Waals surface area contributed by atoms with E-state index in [-0.39, 0.29) is 0 Å². The van der Waals surface area contributed by atoms with Gasteiger partial charge in [-0.2, -0.15) is 5.10 Å². The number of aromatic hydroxyl groups is 1. The number of aromatic nitrogens is 1. The lowest BCUT2D eigenvalue weighted by Gasteiger charge is -2.01. The lowest BCUT2D eigenvalue weighted by molar-refractivity contribution is 0.429. The van der Waals surface area contributed by atoms with E-state index < -0.39 is 11.6 Å². The highest BCUT2D eigenvalue weighted by atomic mass is 127. The van der Waals surface area contributed by atoms with Crippen LogP contribution in [-0.4, -0.2) is 16.3 Å². The van der Waals surface area contributed by atoms with Gasteiger partial charge in [-0.15, -0.1) is 11.3 Å². The van der Waals surface area contributed by atoms with Crippen molar-refractivity contribution in [2.75, 3.05) is 5.43 Å². The Bertz CT molecular complexity index is 852. The fraction of sp³-hybridized carbons (Fsp3) is 0. The molecule has 7 heteroatoms. The molecule has 0 aliphatic carbocycles. The minimum atomic E-state index is -0.643. The summed E-state index contributed by atoms with van der Waals surface area (Å²) in [6.07, 6.45) is 1.36. The number of phenols is 1. The molecule has 0 aliphatic rings. The molecule has 3 rings (SSSR count). The Morgan fingerprint density at radius 2 is 2.00 bits per heavy atom. The monoisotopic (exact) mass is 439 g/mol. The first-order valence-electron chi connectivity index (χ1n) is 6.62. The molecule has 3 aromatic rings. The van der Waals surface area contributed by atoms with Crippen molar-refractivity contribution in [3.05, 3.63) is 62.8 Å². The summed E-state index contributed by atoms with van der Waals surface area (Å²) < 4.78 is 13.9. The predicted molar refractivity (Wildman–Crippen MR) is 99.5 cm³/mol. The maximum atomic E-state index is 13.6. The summed E-state index contributed by atoms with van der Waals surface area (Å²) in [5.41, 5.74) is 4.97. The Hall–Kier alpha value is -2.00. The highest BCUT2D eigenvalue weighted by Gasteiger charge is 2.09. The molecule has 2 N–H and O–H groups in total. The molecule has 0 saturated carbocycles. The molecule has 23 heavy (non-hydrogen) atoms. The molecule has 1 aromatic heterocycles. The quantitative estimate of drug-likeness (QED) is 0.352. The van der Waals surface area contributed by atoms with Crippen LogP contribution in [0.4, 0.5) is 9.52 Å². The summed E-state index contributed by atoms with van der Waals surface area (Å²) in [5.74, 6) is -1.05. The average Bonchev–Trinajstić information content (AvgIpc) is 3.05. The van der Waals surface area contributed by atoms with E-state index in [0.29, 0.717) is 14.3 Å². The van der Waals surface area contributed by atoms with Crippen molar-refractivity contribution in [1.29, 1.82) is 0 Å². The number of rotatable bonds is 4. The maximum Gasteiger partial charge on any atom is 0.203 e. The van der Waals surface area contributed by atoms with E-state index in [9.17, 15) is 9.50 Å². The van der Waals surface area contributed by atoms with Crippen molar-refractivity contribution in [1.82, 2.24) is 4.98 Å². The number of phenolic OH excluding ortho intramolecular Hbond substituents is 1. The van der Waals surface area contributed by atoms with Gasteiger partial charge in [0, 0.05) is 16.5 Å². The molecule has 0 fully saturated rings. The maximum absolute atomic E-state index is 13.6. The number of benzene rings is 2. The normalized spacial score (nSPS) is 11.0. The molecular weight excluding hydrogens is 428 g/mol. The first-order chi connectivity index (χ1) is 11.1. The third kappa shape index (κ3) is 3.67. The number of nitrogens with zero attached hydrogens (tertiary/aromatic N) is 2. The van der Waals surface area contributed by atoms with Gasteiger partial charge in [0.05, 0.1) is 15.5 Å². The average molecular weight is 439 g/mol. The number of anilines is 1. The van der Waals surface area contributed by atoms with Gasteiger partial charge in [-0.1, -0.05) is 30.3 Å². The van der Waals surface area contributed by atoms with Gasteiger partial charge in [0.1, 0.15) is 0 Å². The first kappa shape index (κ1) is 15.9. The van der Waals surface area contributed by atoms with Crippen LogP contribution in [0.3, 0.4) is 0 Å². The number of hydrogen-bond acceptors (Lipinski definition) is 5. The Balaban J connectivity index is 1.72. The molecule has 2 aromatic carbocycles. The fourth-order valence-electron chi connectivity index (χ4n) is 1.88. The third-order valence-electron chi connectivity index (χ3n) is 3.04. The summed E-state index contributed by atoms with van der Waals surface area (Å²) in [5, 5.41) is 16.3. The van der Waals surface area contributed by atoms with Crippen molar-refractivity contribution in [2.45, 2.75) is 0 Å². The second kappa shape index (κ2) is 7.05. The van der Waals surface area contributed by atoms with Crippen LogP contribution in [0, 0.1) is 9.39 Å². The van der Waals surface area contributed by atoms with E-state index in [1.165, 1.54) is 17.6 Å². The summed E-state index contributed by atoms with van der Waals surface area (Å²) in [6, 6.07) is 13.0. The molecule has 0 aliphatic heterocycles. The van der Waals surface area contributed by atoms with Crippen molar-refractivity contribution in [3.63, 3.8) is 0 Å². The van der Waals surface area contributed by atoms with Crippen LogP contribution < -0.4 is 5.43 Å². The standard InChI is InChI=1S/C16H11FIN3OS/c17-14-12(18)7-6-11(15(14)22)8-19-21-16-20-13(9-23-16)10-4-2-1-3-5-10/h1-9,22H,(H,20,21). The number of thiazole rings is 1. The third-order valence-corrected chi connectivity index (χ3v) is 4.62. The van der Waals surface area contributed by atoms with E-state index >= 15 is 0 Å². The van der Waals surface area contributed by atoms with Crippen molar-refractivity contribution in [2.24, 2.45) is 5.10 Å². The molecular formula is C16H11FIN3OS. The first-order valence-corrected chi connectivity index (χ1v) is 8.58. The van der Waals surface area contributed by atoms with Crippen LogP contribution >= 0.6 is 33.9 Å². The number of halogens is 2. The van der Waals surface area contributed by atoms with Crippen LogP contribution in [0.25, 0.3) is 11.3 Å². The summed E-state index contributed by atoms with van der Waals surface area (Å²) in [4.78, 5) is 4.42. The molecule has 0 spiro atoms. The van der Waals surface area contributed by atoms with Gasteiger partial charge in [-0.25, -0.2) is 9.37 Å². The Morgan fingerprint density at radius 1 is 1.22 bits per heavy atom. The zero-order valence-corrected chi connectivity index (χ0v) is 14.7. The molecule has 4 nitrogen and oxygen atoms in total. The van der Waals surface area contributed by atoms with Gasteiger partial charge in [0.15, 0.2) is 11.6 Å².